The van der Waals surface area contributed by atoms with Crippen molar-refractivity contribution in [2.45, 2.75) is 32.6 Å². The second-order valence-corrected chi connectivity index (χ2v) is 5.87. The smallest absolute Gasteiger partial charge is 0.232 e. The number of anilines is 1. The summed E-state index contributed by atoms with van der Waals surface area (Å²) >= 11 is 0. The highest BCUT2D eigenvalue weighted by molar-refractivity contribution is 5.95. The first kappa shape index (κ1) is 15.8. The Labute approximate surface area is 121 Å². The Hall–Kier alpha value is -1.56. The minimum atomic E-state index is -1.13. The topological polar surface area (TPSA) is 55.1 Å². The van der Waals surface area contributed by atoms with Gasteiger partial charge in [0.1, 0.15) is 11.5 Å². The van der Waals surface area contributed by atoms with E-state index >= 15 is 0 Å². The summed E-state index contributed by atoms with van der Waals surface area (Å²) in [6, 6.07) is 1.08. The number of carbonyl (C=O) groups is 1. The van der Waals surface area contributed by atoms with Crippen LogP contribution in [0.25, 0.3) is 0 Å². The molecule has 1 aliphatic rings. The predicted octanol–water partition coefficient (Wildman–Crippen LogP) is 3.20. The number of hydrogen-bond acceptors (Lipinski definition) is 2. The molecule has 1 aromatic rings. The van der Waals surface area contributed by atoms with E-state index in [2.05, 4.69) is 12.2 Å². The van der Waals surface area contributed by atoms with Crippen LogP contribution in [-0.2, 0) is 4.79 Å². The Balaban J connectivity index is 2.21. The van der Waals surface area contributed by atoms with Crippen molar-refractivity contribution in [3.05, 3.63) is 29.6 Å². The van der Waals surface area contributed by atoms with Crippen molar-refractivity contribution in [2.75, 3.05) is 11.9 Å². The highest BCUT2D eigenvalue weighted by atomic mass is 19.1. The van der Waals surface area contributed by atoms with Crippen LogP contribution in [0.15, 0.2) is 12.1 Å². The summed E-state index contributed by atoms with van der Waals surface area (Å²) < 4.78 is 40.1. The van der Waals surface area contributed by atoms with Crippen LogP contribution in [-0.4, -0.2) is 12.5 Å². The fourth-order valence-electron chi connectivity index (χ4n) is 2.75. The van der Waals surface area contributed by atoms with Crippen molar-refractivity contribution in [1.29, 1.82) is 0 Å². The Morgan fingerprint density at radius 2 is 1.81 bits per heavy atom. The third kappa shape index (κ3) is 3.20. The minimum Gasteiger partial charge on any atom is -0.329 e. The summed E-state index contributed by atoms with van der Waals surface area (Å²) in [6.45, 7) is 2.22. The number of nitrogens with two attached hydrogens (primary N) is 1. The molecule has 1 aromatic carbocycles. The number of benzene rings is 1. The lowest BCUT2D eigenvalue weighted by atomic mass is 9.70. The molecule has 0 bridgehead atoms. The van der Waals surface area contributed by atoms with Crippen LogP contribution in [0.1, 0.15) is 32.6 Å². The van der Waals surface area contributed by atoms with Gasteiger partial charge in [-0.15, -0.1) is 0 Å². The van der Waals surface area contributed by atoms with Gasteiger partial charge >= 0.3 is 0 Å². The fourth-order valence-corrected chi connectivity index (χ4v) is 2.75. The van der Waals surface area contributed by atoms with Crippen LogP contribution in [0, 0.1) is 28.8 Å². The lowest BCUT2D eigenvalue weighted by Gasteiger charge is -2.37. The van der Waals surface area contributed by atoms with Crippen molar-refractivity contribution in [3.8, 4) is 0 Å². The van der Waals surface area contributed by atoms with E-state index in [-0.39, 0.29) is 6.54 Å². The molecule has 0 aromatic heterocycles. The van der Waals surface area contributed by atoms with Gasteiger partial charge in [0, 0.05) is 18.7 Å². The SMILES string of the molecule is CC1CCC(CN)(C(=O)Nc2c(F)cc(F)cc2F)CC1. The Morgan fingerprint density at radius 1 is 1.29 bits per heavy atom. The molecule has 1 aliphatic carbocycles. The largest absolute Gasteiger partial charge is 0.329 e. The predicted molar refractivity (Wildman–Crippen MR) is 74.1 cm³/mol. The third-order valence-corrected chi connectivity index (χ3v) is 4.35. The Morgan fingerprint density at radius 3 is 2.29 bits per heavy atom. The van der Waals surface area contributed by atoms with Crippen molar-refractivity contribution >= 4 is 11.6 Å². The van der Waals surface area contributed by atoms with Gasteiger partial charge in [0.05, 0.1) is 5.41 Å². The van der Waals surface area contributed by atoms with E-state index in [4.69, 9.17) is 5.73 Å². The van der Waals surface area contributed by atoms with E-state index in [0.29, 0.717) is 30.9 Å². The van der Waals surface area contributed by atoms with Gasteiger partial charge in [-0.2, -0.15) is 0 Å². The molecule has 0 spiro atoms. The average molecular weight is 300 g/mol. The van der Waals surface area contributed by atoms with Gasteiger partial charge in [0.15, 0.2) is 11.6 Å². The summed E-state index contributed by atoms with van der Waals surface area (Å²) in [6.07, 6.45) is 2.86. The zero-order chi connectivity index (χ0) is 15.6. The zero-order valence-corrected chi connectivity index (χ0v) is 11.9. The van der Waals surface area contributed by atoms with Crippen LogP contribution in [0.4, 0.5) is 18.9 Å². The number of halogens is 3. The molecule has 1 saturated carbocycles. The molecular formula is C15H19F3N2O. The van der Waals surface area contributed by atoms with Crippen LogP contribution >= 0.6 is 0 Å². The molecule has 0 radical (unpaired) electrons. The van der Waals surface area contributed by atoms with Crippen LogP contribution in [0.2, 0.25) is 0 Å². The van der Waals surface area contributed by atoms with E-state index in [1.807, 2.05) is 0 Å². The Bertz CT molecular complexity index is 517. The molecule has 0 heterocycles. The monoisotopic (exact) mass is 300 g/mol. The van der Waals surface area contributed by atoms with Crippen LogP contribution < -0.4 is 11.1 Å². The summed E-state index contributed by atoms with van der Waals surface area (Å²) in [5.74, 6) is -3.27. The summed E-state index contributed by atoms with van der Waals surface area (Å²) in [7, 11) is 0. The van der Waals surface area contributed by atoms with Gasteiger partial charge in [-0.1, -0.05) is 6.92 Å². The second kappa shape index (κ2) is 6.05. The number of nitrogens with one attached hydrogen (secondary N) is 1. The average Bonchev–Trinajstić information content (AvgIpc) is 2.43. The molecule has 6 heteroatoms. The van der Waals surface area contributed by atoms with Gasteiger partial charge in [-0.05, 0) is 31.6 Å². The molecule has 116 valence electrons. The number of hydrogen-bond donors (Lipinski definition) is 2. The highest BCUT2D eigenvalue weighted by Crippen LogP contribution is 2.39. The van der Waals surface area contributed by atoms with Gasteiger partial charge in [0.2, 0.25) is 5.91 Å². The van der Waals surface area contributed by atoms with Crippen molar-refractivity contribution < 1.29 is 18.0 Å². The van der Waals surface area contributed by atoms with E-state index in [1.54, 1.807) is 0 Å². The number of rotatable bonds is 3. The molecule has 0 atom stereocenters. The molecule has 3 N–H and O–H groups in total. The van der Waals surface area contributed by atoms with Gasteiger partial charge in [-0.3, -0.25) is 4.79 Å². The van der Waals surface area contributed by atoms with E-state index in [0.717, 1.165) is 12.8 Å². The first-order valence-corrected chi connectivity index (χ1v) is 7.04. The summed E-state index contributed by atoms with van der Waals surface area (Å²) in [5, 5.41) is 2.25. The summed E-state index contributed by atoms with van der Waals surface area (Å²) in [5.41, 5.74) is 4.31. The molecule has 1 fully saturated rings. The molecule has 2 rings (SSSR count). The third-order valence-electron chi connectivity index (χ3n) is 4.35. The van der Waals surface area contributed by atoms with Gasteiger partial charge in [-0.25, -0.2) is 13.2 Å². The molecule has 0 unspecified atom stereocenters. The minimum absolute atomic E-state index is 0.121. The molecule has 0 saturated heterocycles. The molecule has 0 aliphatic heterocycles. The first-order chi connectivity index (χ1) is 9.88. The maximum Gasteiger partial charge on any atom is 0.232 e. The zero-order valence-electron chi connectivity index (χ0n) is 11.9. The molecule has 1 amide bonds. The fraction of sp³-hybridized carbons (Fsp3) is 0.533. The summed E-state index contributed by atoms with van der Waals surface area (Å²) in [4.78, 5) is 12.4. The second-order valence-electron chi connectivity index (χ2n) is 5.87. The van der Waals surface area contributed by atoms with Crippen molar-refractivity contribution in [2.24, 2.45) is 17.1 Å². The molecule has 3 nitrogen and oxygen atoms in total. The van der Waals surface area contributed by atoms with Crippen molar-refractivity contribution in [1.82, 2.24) is 0 Å². The quantitative estimate of drug-likeness (QED) is 0.900. The maximum absolute atomic E-state index is 13.6. The van der Waals surface area contributed by atoms with E-state index < -0.39 is 34.5 Å². The number of amides is 1. The number of carbonyl (C=O) groups excluding carboxylic acids is 1. The maximum atomic E-state index is 13.6. The van der Waals surface area contributed by atoms with Gasteiger partial charge < -0.3 is 11.1 Å². The highest BCUT2D eigenvalue weighted by Gasteiger charge is 2.40. The van der Waals surface area contributed by atoms with E-state index in [9.17, 15) is 18.0 Å². The lowest BCUT2D eigenvalue weighted by Crippen LogP contribution is -2.45. The van der Waals surface area contributed by atoms with Gasteiger partial charge in [0.25, 0.3) is 0 Å². The first-order valence-electron chi connectivity index (χ1n) is 7.04. The lowest BCUT2D eigenvalue weighted by molar-refractivity contribution is -0.127. The molecular weight excluding hydrogens is 281 g/mol. The standard InChI is InChI=1S/C15H19F3N2O/c1-9-2-4-15(8-19,5-3-9)14(21)20-13-11(17)6-10(16)7-12(13)18/h6-7,9H,2-5,8,19H2,1H3,(H,20,21). The normalized spacial score (nSPS) is 25.7. The molecule has 21 heavy (non-hydrogen) atoms. The van der Waals surface area contributed by atoms with Crippen LogP contribution in [0.3, 0.4) is 0 Å². The van der Waals surface area contributed by atoms with E-state index in [1.165, 1.54) is 0 Å². The van der Waals surface area contributed by atoms with Crippen molar-refractivity contribution in [3.63, 3.8) is 0 Å². The Kier molecular flexibility index (Phi) is 4.56. The van der Waals surface area contributed by atoms with Crippen LogP contribution in [0.5, 0.6) is 0 Å².